The van der Waals surface area contributed by atoms with Gasteiger partial charge in [-0.25, -0.2) is 15.2 Å². The first kappa shape index (κ1) is 13.1. The van der Waals surface area contributed by atoms with Crippen LogP contribution >= 0.6 is 0 Å². The molecule has 1 aliphatic heterocycles. The second-order valence-corrected chi connectivity index (χ2v) is 4.37. The largest absolute Gasteiger partial charge is 0.404 e. The van der Waals surface area contributed by atoms with E-state index in [4.69, 9.17) is 11.0 Å². The van der Waals surface area contributed by atoms with Gasteiger partial charge in [0.05, 0.1) is 5.57 Å². The highest BCUT2D eigenvalue weighted by Crippen LogP contribution is 2.19. The molecule has 0 saturated carbocycles. The fourth-order valence-corrected chi connectivity index (χ4v) is 2.07. The molecule has 1 aliphatic rings. The van der Waals surface area contributed by atoms with E-state index in [2.05, 4.69) is 20.8 Å². The minimum absolute atomic E-state index is 0.132. The fraction of sp³-hybridized carbons (Fsp3) is 0.333. The number of hydrogen-bond acceptors (Lipinski definition) is 6. The van der Waals surface area contributed by atoms with Crippen LogP contribution in [0.1, 0.15) is 5.82 Å². The van der Waals surface area contributed by atoms with Crippen LogP contribution in [0.2, 0.25) is 12.6 Å². The molecular formula is C12H14BN5O. The molecule has 0 unspecified atom stereocenters. The maximum Gasteiger partial charge on any atom is 0.271 e. The van der Waals surface area contributed by atoms with E-state index >= 15 is 0 Å². The van der Waals surface area contributed by atoms with Crippen molar-refractivity contribution in [2.75, 3.05) is 18.0 Å². The van der Waals surface area contributed by atoms with Crippen LogP contribution in [0.25, 0.3) is 5.57 Å². The Morgan fingerprint density at radius 3 is 2.84 bits per heavy atom. The van der Waals surface area contributed by atoms with Crippen LogP contribution in [-0.2, 0) is 4.79 Å². The molecule has 1 aromatic rings. The lowest BCUT2D eigenvalue weighted by Gasteiger charge is -2.28. The predicted molar refractivity (Wildman–Crippen MR) is 73.5 cm³/mol. The van der Waals surface area contributed by atoms with Gasteiger partial charge in [0.25, 0.3) is 6.71 Å². The SMILES string of the molecule is N#CB1CCN(c2ccnc(/C(C=O)=C\N)n2)CC1. The predicted octanol–water partition coefficient (Wildman–Crippen LogP) is 0.353. The van der Waals surface area contributed by atoms with Crippen LogP contribution in [0.4, 0.5) is 5.82 Å². The van der Waals surface area contributed by atoms with Crippen molar-refractivity contribution in [2.45, 2.75) is 12.6 Å². The summed E-state index contributed by atoms with van der Waals surface area (Å²) in [5, 5.41) is 8.87. The Morgan fingerprint density at radius 1 is 1.53 bits per heavy atom. The minimum atomic E-state index is 0.132. The summed E-state index contributed by atoms with van der Waals surface area (Å²) in [5.41, 5.74) is 5.63. The monoisotopic (exact) mass is 255 g/mol. The summed E-state index contributed by atoms with van der Waals surface area (Å²) in [6.45, 7) is 1.71. The maximum atomic E-state index is 10.8. The van der Waals surface area contributed by atoms with Gasteiger partial charge in [0, 0.05) is 31.5 Å². The van der Waals surface area contributed by atoms with Crippen LogP contribution in [0.15, 0.2) is 18.5 Å². The molecule has 0 bridgehead atoms. The van der Waals surface area contributed by atoms with Gasteiger partial charge >= 0.3 is 0 Å². The maximum absolute atomic E-state index is 10.8. The van der Waals surface area contributed by atoms with Gasteiger partial charge in [0.1, 0.15) is 5.82 Å². The lowest BCUT2D eigenvalue weighted by Crippen LogP contribution is -2.37. The Balaban J connectivity index is 2.16. The molecule has 0 spiro atoms. The van der Waals surface area contributed by atoms with Crippen molar-refractivity contribution < 1.29 is 4.79 Å². The Kier molecular flexibility index (Phi) is 4.13. The van der Waals surface area contributed by atoms with E-state index < -0.39 is 0 Å². The topological polar surface area (TPSA) is 95.9 Å². The summed E-state index contributed by atoms with van der Waals surface area (Å²) in [6.07, 6.45) is 5.13. The molecule has 0 amide bonds. The van der Waals surface area contributed by atoms with Crippen molar-refractivity contribution in [1.82, 2.24) is 9.97 Å². The molecule has 6 nitrogen and oxygen atoms in total. The lowest BCUT2D eigenvalue weighted by atomic mass is 9.45. The average molecular weight is 255 g/mol. The normalized spacial score (nSPS) is 16.1. The molecule has 2 rings (SSSR count). The summed E-state index contributed by atoms with van der Waals surface area (Å²) in [4.78, 5) is 21.3. The highest BCUT2D eigenvalue weighted by atomic mass is 16.1. The Bertz CT molecular complexity index is 531. The van der Waals surface area contributed by atoms with Crippen LogP contribution < -0.4 is 10.6 Å². The first-order chi connectivity index (χ1) is 9.28. The molecule has 19 heavy (non-hydrogen) atoms. The van der Waals surface area contributed by atoms with Crippen molar-refractivity contribution in [2.24, 2.45) is 5.73 Å². The van der Waals surface area contributed by atoms with E-state index in [1.54, 1.807) is 12.3 Å². The van der Waals surface area contributed by atoms with Crippen LogP contribution in [0.3, 0.4) is 0 Å². The van der Waals surface area contributed by atoms with Gasteiger partial charge in [-0.1, -0.05) is 0 Å². The van der Waals surface area contributed by atoms with Crippen molar-refractivity contribution in [3.63, 3.8) is 0 Å². The average Bonchev–Trinajstić information content (AvgIpc) is 2.49. The van der Waals surface area contributed by atoms with Gasteiger partial charge in [-0.15, -0.1) is 0 Å². The molecule has 2 heterocycles. The number of allylic oxidation sites excluding steroid dienone is 1. The second-order valence-electron chi connectivity index (χ2n) is 4.37. The number of aldehydes is 1. The number of aromatic nitrogens is 2. The van der Waals surface area contributed by atoms with Crippen molar-refractivity contribution in [3.05, 3.63) is 24.3 Å². The van der Waals surface area contributed by atoms with Gasteiger partial charge in [-0.3, -0.25) is 4.79 Å². The van der Waals surface area contributed by atoms with Crippen molar-refractivity contribution in [3.8, 4) is 5.97 Å². The third-order valence-electron chi connectivity index (χ3n) is 3.21. The standard InChI is InChI=1S/C12H14BN5O/c14-7-10(8-19)12-16-4-1-11(17-12)18-5-2-13(9-15)3-6-18/h1,4,7-8H,2-3,5-6,14H2/b10-7-. The van der Waals surface area contributed by atoms with Gasteiger partial charge in [-0.05, 0) is 18.7 Å². The van der Waals surface area contributed by atoms with Crippen LogP contribution in [0, 0.1) is 11.2 Å². The molecule has 7 heteroatoms. The third kappa shape index (κ3) is 2.91. The van der Waals surface area contributed by atoms with Crippen molar-refractivity contribution >= 4 is 24.4 Å². The highest BCUT2D eigenvalue weighted by Gasteiger charge is 2.23. The molecule has 0 aliphatic carbocycles. The molecule has 0 radical (unpaired) electrons. The quantitative estimate of drug-likeness (QED) is 0.475. The van der Waals surface area contributed by atoms with Gasteiger partial charge in [0.15, 0.2) is 12.1 Å². The van der Waals surface area contributed by atoms with Gasteiger partial charge in [-0.2, -0.15) is 0 Å². The molecule has 0 atom stereocenters. The van der Waals surface area contributed by atoms with Crippen LogP contribution in [-0.4, -0.2) is 36.1 Å². The fourth-order valence-electron chi connectivity index (χ4n) is 2.07. The molecule has 1 aromatic heterocycles. The Hall–Kier alpha value is -2.36. The Labute approximate surface area is 112 Å². The van der Waals surface area contributed by atoms with Gasteiger partial charge in [0.2, 0.25) is 0 Å². The summed E-state index contributed by atoms with van der Waals surface area (Å²) in [6, 6.07) is 1.80. The zero-order valence-corrected chi connectivity index (χ0v) is 10.5. The number of nitriles is 1. The number of carbonyl (C=O) groups is 1. The first-order valence-electron chi connectivity index (χ1n) is 6.13. The minimum Gasteiger partial charge on any atom is -0.404 e. The molecular weight excluding hydrogens is 241 g/mol. The number of nitrogens with two attached hydrogens (primary N) is 1. The molecule has 1 fully saturated rings. The number of carbonyl (C=O) groups excluding carboxylic acids is 1. The van der Waals surface area contributed by atoms with Crippen LogP contribution in [0.5, 0.6) is 0 Å². The summed E-state index contributed by atoms with van der Waals surface area (Å²) in [7, 11) is 0. The van der Waals surface area contributed by atoms with E-state index in [0.29, 0.717) is 12.1 Å². The molecule has 96 valence electrons. The smallest absolute Gasteiger partial charge is 0.271 e. The Morgan fingerprint density at radius 2 is 2.26 bits per heavy atom. The van der Waals surface area contributed by atoms with E-state index in [1.807, 2.05) is 0 Å². The number of anilines is 1. The van der Waals surface area contributed by atoms with Gasteiger partial charge < -0.3 is 10.6 Å². The lowest BCUT2D eigenvalue weighted by molar-refractivity contribution is -0.103. The first-order valence-corrected chi connectivity index (χ1v) is 6.13. The van der Waals surface area contributed by atoms with E-state index in [9.17, 15) is 4.79 Å². The van der Waals surface area contributed by atoms with E-state index in [0.717, 1.165) is 31.5 Å². The van der Waals surface area contributed by atoms with E-state index in [-0.39, 0.29) is 12.3 Å². The molecule has 2 N–H and O–H groups in total. The highest BCUT2D eigenvalue weighted by molar-refractivity contribution is 6.67. The second kappa shape index (κ2) is 6.00. The zero-order valence-electron chi connectivity index (χ0n) is 10.5. The third-order valence-corrected chi connectivity index (χ3v) is 3.21. The molecule has 0 aromatic carbocycles. The van der Waals surface area contributed by atoms with Crippen molar-refractivity contribution in [1.29, 1.82) is 5.26 Å². The zero-order chi connectivity index (χ0) is 13.7. The summed E-state index contributed by atoms with van der Waals surface area (Å²) < 4.78 is 0. The van der Waals surface area contributed by atoms with E-state index in [1.165, 1.54) is 6.20 Å². The summed E-state index contributed by atoms with van der Waals surface area (Å²) >= 11 is 0. The summed E-state index contributed by atoms with van der Waals surface area (Å²) in [5.74, 6) is 3.39. The molecule has 1 saturated heterocycles. The number of rotatable bonds is 3. The number of hydrogen-bond donors (Lipinski definition) is 1. The number of nitrogens with zero attached hydrogens (tertiary/aromatic N) is 4.